The summed E-state index contributed by atoms with van der Waals surface area (Å²) in [6, 6.07) is 1.88. The Kier molecular flexibility index (Phi) is 3.71. The van der Waals surface area contributed by atoms with Gasteiger partial charge in [0.2, 0.25) is 5.91 Å². The standard InChI is InChI=1S/C10H17N3O/c1-8(10(14)11-2)12-6-9-4-5-13(3)7-9/h4-5,7-8,12H,6H2,1-3H3,(H,11,14)/t8-/m1/s1. The van der Waals surface area contributed by atoms with Crippen LogP contribution in [0.5, 0.6) is 0 Å². The summed E-state index contributed by atoms with van der Waals surface area (Å²) >= 11 is 0. The summed E-state index contributed by atoms with van der Waals surface area (Å²) in [5, 5.41) is 5.74. The average molecular weight is 195 g/mol. The predicted molar refractivity (Wildman–Crippen MR) is 55.8 cm³/mol. The van der Waals surface area contributed by atoms with E-state index in [0.29, 0.717) is 0 Å². The molecule has 0 radical (unpaired) electrons. The number of amides is 1. The van der Waals surface area contributed by atoms with Crippen molar-refractivity contribution in [3.63, 3.8) is 0 Å². The summed E-state index contributed by atoms with van der Waals surface area (Å²) in [7, 11) is 3.62. The normalized spacial score (nSPS) is 12.5. The van der Waals surface area contributed by atoms with E-state index in [0.717, 1.165) is 6.54 Å². The first-order valence-electron chi connectivity index (χ1n) is 4.69. The lowest BCUT2D eigenvalue weighted by atomic mass is 10.3. The molecule has 1 amide bonds. The summed E-state index contributed by atoms with van der Waals surface area (Å²) in [6.07, 6.45) is 4.02. The minimum atomic E-state index is -0.153. The number of carbonyl (C=O) groups is 1. The second-order valence-electron chi connectivity index (χ2n) is 3.40. The zero-order valence-corrected chi connectivity index (χ0v) is 8.87. The van der Waals surface area contributed by atoms with E-state index in [1.54, 1.807) is 7.05 Å². The molecule has 0 aliphatic carbocycles. The number of nitrogens with one attached hydrogen (secondary N) is 2. The smallest absolute Gasteiger partial charge is 0.236 e. The van der Waals surface area contributed by atoms with Crippen molar-refractivity contribution in [2.75, 3.05) is 7.05 Å². The first kappa shape index (κ1) is 10.8. The molecule has 0 fully saturated rings. The first-order chi connectivity index (χ1) is 6.63. The van der Waals surface area contributed by atoms with E-state index in [9.17, 15) is 4.79 Å². The first-order valence-corrected chi connectivity index (χ1v) is 4.69. The van der Waals surface area contributed by atoms with Gasteiger partial charge in [-0.2, -0.15) is 0 Å². The van der Waals surface area contributed by atoms with Crippen LogP contribution < -0.4 is 10.6 Å². The molecule has 4 nitrogen and oxygen atoms in total. The van der Waals surface area contributed by atoms with E-state index in [2.05, 4.69) is 10.6 Å². The number of carbonyl (C=O) groups excluding carboxylic acids is 1. The number of likely N-dealkylation sites (N-methyl/N-ethyl adjacent to an activating group) is 1. The van der Waals surface area contributed by atoms with E-state index >= 15 is 0 Å². The lowest BCUT2D eigenvalue weighted by Gasteiger charge is -2.10. The Morgan fingerprint density at radius 2 is 2.36 bits per heavy atom. The molecule has 1 rings (SSSR count). The van der Waals surface area contributed by atoms with Crippen LogP contribution in [0.4, 0.5) is 0 Å². The molecule has 4 heteroatoms. The molecule has 1 atom stereocenters. The second-order valence-corrected chi connectivity index (χ2v) is 3.40. The van der Waals surface area contributed by atoms with Crippen molar-refractivity contribution >= 4 is 5.91 Å². The highest BCUT2D eigenvalue weighted by atomic mass is 16.2. The van der Waals surface area contributed by atoms with Gasteiger partial charge in [0.05, 0.1) is 6.04 Å². The average Bonchev–Trinajstić information content (AvgIpc) is 2.59. The maximum Gasteiger partial charge on any atom is 0.236 e. The van der Waals surface area contributed by atoms with E-state index in [4.69, 9.17) is 0 Å². The van der Waals surface area contributed by atoms with Crippen LogP contribution in [0, 0.1) is 0 Å². The van der Waals surface area contributed by atoms with Crippen molar-refractivity contribution in [1.29, 1.82) is 0 Å². The van der Waals surface area contributed by atoms with Gasteiger partial charge in [-0.15, -0.1) is 0 Å². The molecule has 0 saturated carbocycles. The third-order valence-corrected chi connectivity index (χ3v) is 2.15. The summed E-state index contributed by atoms with van der Waals surface area (Å²) < 4.78 is 1.99. The molecule has 0 unspecified atom stereocenters. The quantitative estimate of drug-likeness (QED) is 0.723. The van der Waals surface area contributed by atoms with Gasteiger partial charge < -0.3 is 15.2 Å². The van der Waals surface area contributed by atoms with E-state index in [-0.39, 0.29) is 11.9 Å². The van der Waals surface area contributed by atoms with Gasteiger partial charge in [0.1, 0.15) is 0 Å². The van der Waals surface area contributed by atoms with Gasteiger partial charge in [0.25, 0.3) is 0 Å². The SMILES string of the molecule is CNC(=O)[C@@H](C)NCc1ccn(C)c1. The molecule has 0 aromatic carbocycles. The number of aryl methyl sites for hydroxylation is 1. The molecule has 2 N–H and O–H groups in total. The van der Waals surface area contributed by atoms with Gasteiger partial charge in [-0.3, -0.25) is 4.79 Å². The van der Waals surface area contributed by atoms with Crippen LogP contribution >= 0.6 is 0 Å². The number of aromatic nitrogens is 1. The monoisotopic (exact) mass is 195 g/mol. The Bertz CT molecular complexity index is 306. The Hall–Kier alpha value is -1.29. The van der Waals surface area contributed by atoms with Crippen LogP contribution in [0.1, 0.15) is 12.5 Å². The fourth-order valence-electron chi connectivity index (χ4n) is 1.25. The summed E-state index contributed by atoms with van der Waals surface area (Å²) in [5.41, 5.74) is 1.18. The van der Waals surface area contributed by atoms with E-state index < -0.39 is 0 Å². The third kappa shape index (κ3) is 2.88. The Balaban J connectivity index is 2.37. The summed E-state index contributed by atoms with van der Waals surface area (Å²) in [4.78, 5) is 11.2. The molecular formula is C10H17N3O. The molecule has 0 spiro atoms. The fraction of sp³-hybridized carbons (Fsp3) is 0.500. The number of rotatable bonds is 4. The van der Waals surface area contributed by atoms with Crippen molar-refractivity contribution in [3.05, 3.63) is 24.0 Å². The Morgan fingerprint density at radius 3 is 2.86 bits per heavy atom. The van der Waals surface area contributed by atoms with Gasteiger partial charge >= 0.3 is 0 Å². The molecule has 0 aliphatic rings. The maximum absolute atomic E-state index is 11.2. The van der Waals surface area contributed by atoms with Crippen molar-refractivity contribution in [2.45, 2.75) is 19.5 Å². The lowest BCUT2D eigenvalue weighted by molar-refractivity contribution is -0.122. The Labute approximate surface area is 84.3 Å². The highest BCUT2D eigenvalue weighted by Gasteiger charge is 2.09. The van der Waals surface area contributed by atoms with Crippen molar-refractivity contribution in [2.24, 2.45) is 7.05 Å². The molecule has 1 aromatic rings. The largest absolute Gasteiger partial charge is 0.358 e. The van der Waals surface area contributed by atoms with Crippen LogP contribution in [-0.4, -0.2) is 23.6 Å². The van der Waals surface area contributed by atoms with Gasteiger partial charge in [0.15, 0.2) is 0 Å². The highest BCUT2D eigenvalue weighted by molar-refractivity contribution is 5.80. The van der Waals surface area contributed by atoms with Crippen LogP contribution in [0.25, 0.3) is 0 Å². The zero-order valence-electron chi connectivity index (χ0n) is 8.87. The minimum Gasteiger partial charge on any atom is -0.358 e. The van der Waals surface area contributed by atoms with Crippen molar-refractivity contribution in [3.8, 4) is 0 Å². The molecule has 14 heavy (non-hydrogen) atoms. The van der Waals surface area contributed by atoms with Crippen LogP contribution in [0.2, 0.25) is 0 Å². The van der Waals surface area contributed by atoms with E-state index in [1.807, 2.05) is 37.0 Å². The van der Waals surface area contributed by atoms with Crippen LogP contribution in [0.3, 0.4) is 0 Å². The van der Waals surface area contributed by atoms with Crippen LogP contribution in [-0.2, 0) is 18.4 Å². The summed E-state index contributed by atoms with van der Waals surface area (Å²) in [5.74, 6) is 0.0148. The lowest BCUT2D eigenvalue weighted by Crippen LogP contribution is -2.40. The van der Waals surface area contributed by atoms with Gasteiger partial charge in [-0.05, 0) is 18.6 Å². The molecule has 1 aromatic heterocycles. The van der Waals surface area contributed by atoms with E-state index in [1.165, 1.54) is 5.56 Å². The van der Waals surface area contributed by atoms with Crippen molar-refractivity contribution < 1.29 is 4.79 Å². The molecule has 0 saturated heterocycles. The molecular weight excluding hydrogens is 178 g/mol. The van der Waals surface area contributed by atoms with Gasteiger partial charge in [-0.25, -0.2) is 0 Å². The number of nitrogens with zero attached hydrogens (tertiary/aromatic N) is 1. The zero-order chi connectivity index (χ0) is 10.6. The van der Waals surface area contributed by atoms with Gasteiger partial charge in [0, 0.05) is 33.0 Å². The third-order valence-electron chi connectivity index (χ3n) is 2.15. The Morgan fingerprint density at radius 1 is 1.64 bits per heavy atom. The second kappa shape index (κ2) is 4.81. The van der Waals surface area contributed by atoms with Crippen molar-refractivity contribution in [1.82, 2.24) is 15.2 Å². The topological polar surface area (TPSA) is 46.1 Å². The molecule has 78 valence electrons. The van der Waals surface area contributed by atoms with Crippen LogP contribution in [0.15, 0.2) is 18.5 Å². The highest BCUT2D eigenvalue weighted by Crippen LogP contribution is 1.99. The maximum atomic E-state index is 11.2. The van der Waals surface area contributed by atoms with Gasteiger partial charge in [-0.1, -0.05) is 0 Å². The predicted octanol–water partition coefficient (Wildman–Crippen LogP) is 0.249. The number of hydrogen-bond donors (Lipinski definition) is 2. The fourth-order valence-corrected chi connectivity index (χ4v) is 1.25. The molecule has 0 aliphatic heterocycles. The minimum absolute atomic E-state index is 0.0148. The summed E-state index contributed by atoms with van der Waals surface area (Å²) in [6.45, 7) is 2.57. The number of hydrogen-bond acceptors (Lipinski definition) is 2. The molecule has 0 bridgehead atoms. The molecule has 1 heterocycles.